The van der Waals surface area contributed by atoms with Gasteiger partial charge in [0, 0.05) is 11.7 Å². The van der Waals surface area contributed by atoms with Crippen LogP contribution in [-0.2, 0) is 4.79 Å². The Morgan fingerprint density at radius 1 is 1.12 bits per heavy atom. The number of nitrogens with one attached hydrogen (secondary N) is 1. The number of nitrogens with zero attached hydrogens (tertiary/aromatic N) is 5. The number of benzene rings is 1. The van der Waals surface area contributed by atoms with E-state index in [2.05, 4.69) is 27.5 Å². The lowest BCUT2D eigenvalue weighted by atomic mass is 10.2. The van der Waals surface area contributed by atoms with Crippen molar-refractivity contribution in [3.05, 3.63) is 48.3 Å². The Bertz CT molecular complexity index is 890. The first kappa shape index (κ1) is 14.6. The van der Waals surface area contributed by atoms with Crippen molar-refractivity contribution in [1.29, 1.82) is 0 Å². The van der Waals surface area contributed by atoms with Crippen LogP contribution in [-0.4, -0.2) is 37.8 Å². The van der Waals surface area contributed by atoms with E-state index in [9.17, 15) is 4.79 Å². The molecular formula is C17H18N6O. The van der Waals surface area contributed by atoms with Crippen LogP contribution in [0.3, 0.4) is 0 Å². The van der Waals surface area contributed by atoms with Crippen molar-refractivity contribution < 1.29 is 4.79 Å². The second-order valence-electron chi connectivity index (χ2n) is 6.06. The third-order valence-electron chi connectivity index (χ3n) is 4.33. The van der Waals surface area contributed by atoms with E-state index in [4.69, 9.17) is 0 Å². The fourth-order valence-electron chi connectivity index (χ4n) is 3.18. The number of rotatable bonds is 3. The fraction of sp³-hybridized carbons (Fsp3) is 0.294. The summed E-state index contributed by atoms with van der Waals surface area (Å²) in [5, 5.41) is 15.7. The summed E-state index contributed by atoms with van der Waals surface area (Å²) < 4.78 is 1.67. The van der Waals surface area contributed by atoms with Gasteiger partial charge in [0.1, 0.15) is 11.9 Å². The van der Waals surface area contributed by atoms with E-state index in [0.29, 0.717) is 17.3 Å². The first-order chi connectivity index (χ1) is 11.6. The molecule has 3 heterocycles. The van der Waals surface area contributed by atoms with Crippen LogP contribution in [0.5, 0.6) is 0 Å². The summed E-state index contributed by atoms with van der Waals surface area (Å²) in [7, 11) is 0. The molecule has 1 aliphatic rings. The number of aromatic nitrogens is 4. The number of fused-ring (bicyclic) bond motifs is 1. The molecule has 7 heteroatoms. The maximum atomic E-state index is 12.8. The van der Waals surface area contributed by atoms with Crippen LogP contribution < -0.4 is 10.2 Å². The van der Waals surface area contributed by atoms with Crippen molar-refractivity contribution in [2.45, 2.75) is 32.4 Å². The van der Waals surface area contributed by atoms with E-state index < -0.39 is 0 Å². The summed E-state index contributed by atoms with van der Waals surface area (Å²) in [5.41, 5.74) is 1.62. The molecule has 7 nitrogen and oxygen atoms in total. The van der Waals surface area contributed by atoms with Crippen molar-refractivity contribution >= 4 is 23.1 Å². The zero-order valence-corrected chi connectivity index (χ0v) is 13.5. The van der Waals surface area contributed by atoms with Crippen LogP contribution in [0.2, 0.25) is 0 Å². The van der Waals surface area contributed by atoms with Gasteiger partial charge in [-0.25, -0.2) is 0 Å². The molecule has 1 aliphatic heterocycles. The van der Waals surface area contributed by atoms with Gasteiger partial charge in [0.15, 0.2) is 11.5 Å². The topological polar surface area (TPSA) is 75.4 Å². The zero-order chi connectivity index (χ0) is 16.7. The predicted molar refractivity (Wildman–Crippen MR) is 90.9 cm³/mol. The average molecular weight is 322 g/mol. The molecule has 1 N–H and O–H groups in total. The largest absolute Gasteiger partial charge is 0.357 e. The van der Waals surface area contributed by atoms with E-state index in [1.807, 2.05) is 54.3 Å². The van der Waals surface area contributed by atoms with Gasteiger partial charge in [-0.2, -0.15) is 4.52 Å². The molecule has 1 amide bonds. The first-order valence-electron chi connectivity index (χ1n) is 7.97. The van der Waals surface area contributed by atoms with Crippen LogP contribution in [0.15, 0.2) is 42.5 Å². The molecule has 2 unspecified atom stereocenters. The minimum absolute atomic E-state index is 0.0658. The summed E-state index contributed by atoms with van der Waals surface area (Å²) in [4.78, 5) is 14.7. The van der Waals surface area contributed by atoms with Gasteiger partial charge < -0.3 is 10.2 Å². The Morgan fingerprint density at radius 3 is 2.71 bits per heavy atom. The van der Waals surface area contributed by atoms with Crippen molar-refractivity contribution in [3.8, 4) is 0 Å². The highest BCUT2D eigenvalue weighted by atomic mass is 16.2. The maximum Gasteiger partial charge on any atom is 0.249 e. The zero-order valence-electron chi connectivity index (χ0n) is 13.5. The standard InChI is InChI=1S/C17H18N6O/c1-11-10-14(17(24)22(11)13-6-4-3-5-7-13)18-15-8-9-16-20-19-12(2)23(16)21-15/h3-9,11,14H,10H2,1-2H3,(H,18,21). The smallest absolute Gasteiger partial charge is 0.249 e. The highest BCUT2D eigenvalue weighted by molar-refractivity contribution is 6.01. The maximum absolute atomic E-state index is 12.8. The Morgan fingerprint density at radius 2 is 1.92 bits per heavy atom. The number of carbonyl (C=O) groups is 1. The Hall–Kier alpha value is -2.96. The van der Waals surface area contributed by atoms with Gasteiger partial charge in [-0.15, -0.1) is 15.3 Å². The predicted octanol–water partition coefficient (Wildman–Crippen LogP) is 2.04. The summed E-state index contributed by atoms with van der Waals surface area (Å²) in [6, 6.07) is 13.3. The second-order valence-corrected chi connectivity index (χ2v) is 6.06. The Labute approximate surface area is 139 Å². The summed E-state index contributed by atoms with van der Waals surface area (Å²) in [5.74, 6) is 1.42. The molecule has 24 heavy (non-hydrogen) atoms. The Balaban J connectivity index is 1.58. The molecule has 1 aromatic carbocycles. The monoisotopic (exact) mass is 322 g/mol. The van der Waals surface area contributed by atoms with Crippen molar-refractivity contribution in [2.24, 2.45) is 0 Å². The molecule has 1 saturated heterocycles. The van der Waals surface area contributed by atoms with Crippen LogP contribution in [0.4, 0.5) is 11.5 Å². The molecule has 4 rings (SSSR count). The molecular weight excluding hydrogens is 304 g/mol. The third kappa shape index (κ3) is 2.38. The molecule has 0 aliphatic carbocycles. The normalized spacial score (nSPS) is 20.8. The number of hydrogen-bond acceptors (Lipinski definition) is 5. The van der Waals surface area contributed by atoms with E-state index in [1.54, 1.807) is 4.52 Å². The van der Waals surface area contributed by atoms with Crippen LogP contribution in [0.1, 0.15) is 19.2 Å². The molecule has 2 atom stereocenters. The molecule has 122 valence electrons. The molecule has 0 radical (unpaired) electrons. The van der Waals surface area contributed by atoms with E-state index in [-0.39, 0.29) is 18.0 Å². The summed E-state index contributed by atoms with van der Waals surface area (Å²) >= 11 is 0. The lowest BCUT2D eigenvalue weighted by molar-refractivity contribution is -0.117. The quantitative estimate of drug-likeness (QED) is 0.798. The minimum atomic E-state index is -0.290. The van der Waals surface area contributed by atoms with Gasteiger partial charge in [0.2, 0.25) is 5.91 Å². The second kappa shape index (κ2) is 5.59. The highest BCUT2D eigenvalue weighted by Gasteiger charge is 2.38. The minimum Gasteiger partial charge on any atom is -0.357 e. The SMILES string of the molecule is Cc1nnc2ccc(NC3CC(C)N(c4ccccc4)C3=O)nn12. The number of hydrogen-bond donors (Lipinski definition) is 1. The van der Waals surface area contributed by atoms with Gasteiger partial charge in [0.05, 0.1) is 0 Å². The molecule has 0 bridgehead atoms. The fourth-order valence-corrected chi connectivity index (χ4v) is 3.18. The van der Waals surface area contributed by atoms with Gasteiger partial charge in [0.25, 0.3) is 0 Å². The third-order valence-corrected chi connectivity index (χ3v) is 4.33. The first-order valence-corrected chi connectivity index (χ1v) is 7.97. The van der Waals surface area contributed by atoms with Crippen molar-refractivity contribution in [3.63, 3.8) is 0 Å². The molecule has 1 fully saturated rings. The lowest BCUT2D eigenvalue weighted by Gasteiger charge is -2.21. The highest BCUT2D eigenvalue weighted by Crippen LogP contribution is 2.28. The number of para-hydroxylation sites is 1. The lowest BCUT2D eigenvalue weighted by Crippen LogP contribution is -2.35. The molecule has 0 saturated carbocycles. The molecule has 2 aromatic heterocycles. The van der Waals surface area contributed by atoms with Gasteiger partial charge in [-0.3, -0.25) is 4.79 Å². The number of amides is 1. The van der Waals surface area contributed by atoms with Gasteiger partial charge >= 0.3 is 0 Å². The van der Waals surface area contributed by atoms with Gasteiger partial charge in [-0.05, 0) is 44.5 Å². The van der Waals surface area contributed by atoms with E-state index >= 15 is 0 Å². The van der Waals surface area contributed by atoms with Crippen LogP contribution >= 0.6 is 0 Å². The van der Waals surface area contributed by atoms with Gasteiger partial charge in [-0.1, -0.05) is 18.2 Å². The van der Waals surface area contributed by atoms with E-state index in [1.165, 1.54) is 0 Å². The molecule has 3 aromatic rings. The van der Waals surface area contributed by atoms with E-state index in [0.717, 1.165) is 12.1 Å². The number of carbonyl (C=O) groups excluding carboxylic acids is 1. The van der Waals surface area contributed by atoms with Crippen LogP contribution in [0, 0.1) is 6.92 Å². The van der Waals surface area contributed by atoms with Crippen molar-refractivity contribution in [2.75, 3.05) is 10.2 Å². The van der Waals surface area contributed by atoms with Crippen LogP contribution in [0.25, 0.3) is 5.65 Å². The number of aryl methyl sites for hydroxylation is 1. The summed E-state index contributed by atoms with van der Waals surface area (Å²) in [6.07, 6.45) is 0.731. The number of anilines is 2. The molecule has 0 spiro atoms. The average Bonchev–Trinajstić information content (AvgIpc) is 3.09. The van der Waals surface area contributed by atoms with Crippen molar-refractivity contribution in [1.82, 2.24) is 19.8 Å². The summed E-state index contributed by atoms with van der Waals surface area (Å²) in [6.45, 7) is 3.91. The Kier molecular flexibility index (Phi) is 3.41.